The molecule has 0 bridgehead atoms. The Morgan fingerprint density at radius 3 is 2.90 bits per heavy atom. The number of hydrogen-bond acceptors (Lipinski definition) is 4. The maximum atomic E-state index is 12.7. The summed E-state index contributed by atoms with van der Waals surface area (Å²) in [5.74, 6) is -0.371. The number of aromatic nitrogens is 2. The highest BCUT2D eigenvalue weighted by Crippen LogP contribution is 2.32. The summed E-state index contributed by atoms with van der Waals surface area (Å²) in [6, 6.07) is 6.98. The number of rotatable bonds is 1. The Hall–Kier alpha value is -2.76. The smallest absolute Gasteiger partial charge is 0.278 e. The Morgan fingerprint density at radius 1 is 1.33 bits per heavy atom. The fraction of sp³-hybridized carbons (Fsp3) is 0.200. The molecule has 2 amide bonds. The number of amides is 2. The minimum absolute atomic E-state index is 0.107. The monoisotopic (exact) mass is 282 g/mol. The molecule has 21 heavy (non-hydrogen) atoms. The Kier molecular flexibility index (Phi) is 3.35. The number of nitrogens with one attached hydrogen (secondary N) is 1. The third-order valence-electron chi connectivity index (χ3n) is 3.36. The van der Waals surface area contributed by atoms with Crippen LogP contribution in [0.3, 0.4) is 0 Å². The van der Waals surface area contributed by atoms with E-state index in [4.69, 9.17) is 0 Å². The first-order valence-corrected chi connectivity index (χ1v) is 6.65. The van der Waals surface area contributed by atoms with E-state index in [9.17, 15) is 9.59 Å². The van der Waals surface area contributed by atoms with Crippen LogP contribution in [-0.2, 0) is 4.79 Å². The van der Waals surface area contributed by atoms with Crippen LogP contribution in [0.15, 0.2) is 42.9 Å². The molecule has 2 aromatic rings. The molecule has 0 radical (unpaired) electrons. The standard InChI is InChI=1S/C15H14N4O2/c1-10-8-14(20)18-11-4-2-3-5-13(11)19(10)15(21)12-9-16-6-7-17-12/h2-7,9-10H,8H2,1H3,(H,18,20)/t10-/m0/s1. The van der Waals surface area contributed by atoms with Gasteiger partial charge in [0.05, 0.1) is 17.6 Å². The maximum Gasteiger partial charge on any atom is 0.278 e. The summed E-state index contributed by atoms with van der Waals surface area (Å²) in [6.07, 6.45) is 4.66. The van der Waals surface area contributed by atoms with Gasteiger partial charge in [0.25, 0.3) is 5.91 Å². The van der Waals surface area contributed by atoms with Crippen molar-refractivity contribution in [2.45, 2.75) is 19.4 Å². The number of nitrogens with zero attached hydrogens (tertiary/aromatic N) is 3. The molecule has 6 nitrogen and oxygen atoms in total. The van der Waals surface area contributed by atoms with Gasteiger partial charge in [-0.3, -0.25) is 14.6 Å². The summed E-state index contributed by atoms with van der Waals surface area (Å²) in [5, 5.41) is 2.82. The molecule has 1 aromatic carbocycles. The van der Waals surface area contributed by atoms with Crippen molar-refractivity contribution in [3.8, 4) is 0 Å². The van der Waals surface area contributed by atoms with Crippen LogP contribution in [0.25, 0.3) is 0 Å². The molecule has 106 valence electrons. The molecule has 1 N–H and O–H groups in total. The molecule has 1 aromatic heterocycles. The van der Waals surface area contributed by atoms with Crippen molar-refractivity contribution in [2.75, 3.05) is 10.2 Å². The van der Waals surface area contributed by atoms with Crippen molar-refractivity contribution < 1.29 is 9.59 Å². The maximum absolute atomic E-state index is 12.7. The van der Waals surface area contributed by atoms with E-state index < -0.39 is 0 Å². The van der Waals surface area contributed by atoms with Crippen LogP contribution in [0.4, 0.5) is 11.4 Å². The van der Waals surface area contributed by atoms with E-state index in [1.165, 1.54) is 18.6 Å². The molecule has 0 spiro atoms. The molecule has 0 saturated carbocycles. The molecule has 0 saturated heterocycles. The van der Waals surface area contributed by atoms with Crippen LogP contribution in [0.1, 0.15) is 23.8 Å². The van der Waals surface area contributed by atoms with Gasteiger partial charge in [0.2, 0.25) is 5.91 Å². The van der Waals surface area contributed by atoms with Crippen molar-refractivity contribution in [3.05, 3.63) is 48.5 Å². The predicted octanol–water partition coefficient (Wildman–Crippen LogP) is 1.85. The normalized spacial score (nSPS) is 17.7. The summed E-state index contributed by atoms with van der Waals surface area (Å²) in [4.78, 5) is 34.2. The van der Waals surface area contributed by atoms with Gasteiger partial charge in [0, 0.05) is 24.9 Å². The third kappa shape index (κ3) is 2.47. The summed E-state index contributed by atoms with van der Waals surface area (Å²) < 4.78 is 0. The molecule has 3 rings (SSSR count). The second-order valence-electron chi connectivity index (χ2n) is 4.88. The Morgan fingerprint density at radius 2 is 2.14 bits per heavy atom. The van der Waals surface area contributed by atoms with Gasteiger partial charge in [-0.2, -0.15) is 0 Å². The number of para-hydroxylation sites is 2. The average Bonchev–Trinajstić information content (AvgIpc) is 2.62. The van der Waals surface area contributed by atoms with Crippen LogP contribution >= 0.6 is 0 Å². The number of benzene rings is 1. The molecular formula is C15H14N4O2. The van der Waals surface area contributed by atoms with Gasteiger partial charge in [0.1, 0.15) is 5.69 Å². The Bertz CT molecular complexity index is 687. The first-order chi connectivity index (χ1) is 10.2. The molecule has 1 aliphatic heterocycles. The molecule has 2 heterocycles. The van der Waals surface area contributed by atoms with E-state index >= 15 is 0 Å². The van der Waals surface area contributed by atoms with E-state index in [2.05, 4.69) is 15.3 Å². The van der Waals surface area contributed by atoms with Crippen LogP contribution < -0.4 is 10.2 Å². The van der Waals surface area contributed by atoms with Gasteiger partial charge < -0.3 is 10.2 Å². The highest BCUT2D eigenvalue weighted by Gasteiger charge is 2.30. The SMILES string of the molecule is C[C@H]1CC(=O)Nc2ccccc2N1C(=O)c1cnccn1. The lowest BCUT2D eigenvalue weighted by molar-refractivity contribution is -0.116. The molecular weight excluding hydrogens is 268 g/mol. The largest absolute Gasteiger partial charge is 0.324 e. The number of anilines is 2. The second-order valence-corrected chi connectivity index (χ2v) is 4.88. The predicted molar refractivity (Wildman–Crippen MR) is 78.0 cm³/mol. The highest BCUT2D eigenvalue weighted by molar-refractivity contribution is 6.10. The molecule has 0 aliphatic carbocycles. The fourth-order valence-corrected chi connectivity index (χ4v) is 2.43. The lowest BCUT2D eigenvalue weighted by Crippen LogP contribution is -2.39. The van der Waals surface area contributed by atoms with Gasteiger partial charge in [0.15, 0.2) is 0 Å². The van der Waals surface area contributed by atoms with Crippen molar-refractivity contribution >= 4 is 23.2 Å². The topological polar surface area (TPSA) is 75.2 Å². The van der Waals surface area contributed by atoms with Gasteiger partial charge in [-0.25, -0.2) is 4.98 Å². The zero-order valence-electron chi connectivity index (χ0n) is 11.5. The van der Waals surface area contributed by atoms with Crippen molar-refractivity contribution in [1.29, 1.82) is 0 Å². The van der Waals surface area contributed by atoms with E-state index in [1.807, 2.05) is 25.1 Å². The van der Waals surface area contributed by atoms with E-state index in [0.29, 0.717) is 11.4 Å². The molecule has 0 fully saturated rings. The molecule has 6 heteroatoms. The van der Waals surface area contributed by atoms with E-state index in [0.717, 1.165) is 0 Å². The van der Waals surface area contributed by atoms with Gasteiger partial charge in [-0.05, 0) is 19.1 Å². The number of carbonyl (C=O) groups is 2. The lowest BCUT2D eigenvalue weighted by Gasteiger charge is -2.27. The van der Waals surface area contributed by atoms with Crippen LogP contribution in [-0.4, -0.2) is 27.8 Å². The van der Waals surface area contributed by atoms with Crippen molar-refractivity contribution in [1.82, 2.24) is 9.97 Å². The fourth-order valence-electron chi connectivity index (χ4n) is 2.43. The van der Waals surface area contributed by atoms with Gasteiger partial charge >= 0.3 is 0 Å². The first kappa shape index (κ1) is 13.2. The number of fused-ring (bicyclic) bond motifs is 1. The summed E-state index contributed by atoms with van der Waals surface area (Å²) >= 11 is 0. The van der Waals surface area contributed by atoms with Gasteiger partial charge in [-0.15, -0.1) is 0 Å². The third-order valence-corrected chi connectivity index (χ3v) is 3.36. The van der Waals surface area contributed by atoms with Crippen LogP contribution in [0.2, 0.25) is 0 Å². The average molecular weight is 282 g/mol. The Labute approximate surface area is 121 Å². The Balaban J connectivity index is 2.07. The first-order valence-electron chi connectivity index (χ1n) is 6.65. The molecule has 1 aliphatic rings. The van der Waals surface area contributed by atoms with E-state index in [-0.39, 0.29) is 30.0 Å². The quantitative estimate of drug-likeness (QED) is 0.866. The zero-order valence-corrected chi connectivity index (χ0v) is 11.5. The van der Waals surface area contributed by atoms with Crippen molar-refractivity contribution in [3.63, 3.8) is 0 Å². The zero-order chi connectivity index (χ0) is 14.8. The van der Waals surface area contributed by atoms with Crippen molar-refractivity contribution in [2.24, 2.45) is 0 Å². The second kappa shape index (κ2) is 5.32. The molecule has 1 atom stereocenters. The highest BCUT2D eigenvalue weighted by atomic mass is 16.2. The minimum atomic E-state index is -0.264. The molecule has 0 unspecified atom stereocenters. The summed E-state index contributed by atoms with van der Waals surface area (Å²) in [7, 11) is 0. The summed E-state index contributed by atoms with van der Waals surface area (Å²) in [6.45, 7) is 1.84. The summed E-state index contributed by atoms with van der Waals surface area (Å²) in [5.41, 5.74) is 1.56. The van der Waals surface area contributed by atoms with Crippen LogP contribution in [0.5, 0.6) is 0 Å². The number of carbonyl (C=O) groups excluding carboxylic acids is 2. The number of hydrogen-bond donors (Lipinski definition) is 1. The van der Waals surface area contributed by atoms with Gasteiger partial charge in [-0.1, -0.05) is 12.1 Å². The van der Waals surface area contributed by atoms with E-state index in [1.54, 1.807) is 11.0 Å². The lowest BCUT2D eigenvalue weighted by atomic mass is 10.1. The minimum Gasteiger partial charge on any atom is -0.324 e. The van der Waals surface area contributed by atoms with Crippen LogP contribution in [0, 0.1) is 0 Å².